The van der Waals surface area contributed by atoms with Gasteiger partial charge in [-0.25, -0.2) is 0 Å². The Labute approximate surface area is 225 Å². The molecule has 4 rings (SSSR count). The Bertz CT molecular complexity index is 758. The molecule has 4 aliphatic carbocycles. The predicted molar refractivity (Wildman–Crippen MR) is 144 cm³/mol. The highest BCUT2D eigenvalue weighted by Crippen LogP contribution is 2.70. The third-order valence-electron chi connectivity index (χ3n) is 11.9. The van der Waals surface area contributed by atoms with Crippen molar-refractivity contribution in [3.63, 3.8) is 0 Å². The van der Waals surface area contributed by atoms with Gasteiger partial charge >= 0.3 is 5.97 Å². The first-order chi connectivity index (χ1) is 17.7. The minimum Gasteiger partial charge on any atom is -0.469 e. The van der Waals surface area contributed by atoms with Crippen LogP contribution >= 0.6 is 0 Å². The van der Waals surface area contributed by atoms with E-state index in [-0.39, 0.29) is 18.2 Å². The van der Waals surface area contributed by atoms with E-state index in [9.17, 15) is 4.79 Å². The molecule has 214 valence electrons. The normalized spacial score (nSPS) is 44.0. The van der Waals surface area contributed by atoms with Crippen molar-refractivity contribution in [2.75, 3.05) is 34.9 Å². The highest BCUT2D eigenvalue weighted by atomic mass is 16.7. The van der Waals surface area contributed by atoms with Gasteiger partial charge in [0.25, 0.3) is 0 Å². The largest absolute Gasteiger partial charge is 0.469 e. The molecule has 0 radical (unpaired) electrons. The first-order valence-corrected chi connectivity index (χ1v) is 15.0. The zero-order valence-corrected chi connectivity index (χ0v) is 24.6. The van der Waals surface area contributed by atoms with Crippen LogP contribution in [-0.2, 0) is 28.5 Å². The van der Waals surface area contributed by atoms with E-state index in [1.165, 1.54) is 39.2 Å². The van der Waals surface area contributed by atoms with Gasteiger partial charge in [0.2, 0.25) is 0 Å². The lowest BCUT2D eigenvalue weighted by Crippen LogP contribution is -2.63. The van der Waals surface area contributed by atoms with Crippen molar-refractivity contribution in [2.24, 2.45) is 52.3 Å². The van der Waals surface area contributed by atoms with Crippen LogP contribution < -0.4 is 0 Å². The van der Waals surface area contributed by atoms with Crippen molar-refractivity contribution in [1.29, 1.82) is 0 Å². The molecule has 0 aromatic carbocycles. The molecule has 0 heterocycles. The quantitative estimate of drug-likeness (QED) is 0.229. The van der Waals surface area contributed by atoms with Gasteiger partial charge in [0.15, 0.2) is 0 Å². The molecule has 4 aliphatic rings. The fraction of sp³-hybridized carbons (Fsp3) is 0.968. The zero-order chi connectivity index (χ0) is 26.8. The third-order valence-corrected chi connectivity index (χ3v) is 11.9. The van der Waals surface area contributed by atoms with E-state index in [0.29, 0.717) is 72.3 Å². The van der Waals surface area contributed by atoms with Gasteiger partial charge in [-0.05, 0) is 104 Å². The first-order valence-electron chi connectivity index (χ1n) is 15.0. The number of carbonyl (C=O) groups is 1. The van der Waals surface area contributed by atoms with Crippen LogP contribution in [0.25, 0.3) is 0 Å². The summed E-state index contributed by atoms with van der Waals surface area (Å²) in [6, 6.07) is 0. The van der Waals surface area contributed by atoms with Crippen LogP contribution in [0.5, 0.6) is 0 Å². The minimum absolute atomic E-state index is 0.0783. The van der Waals surface area contributed by atoms with Crippen LogP contribution in [-0.4, -0.2) is 53.1 Å². The van der Waals surface area contributed by atoms with Gasteiger partial charge in [-0.3, -0.25) is 4.79 Å². The van der Waals surface area contributed by atoms with Crippen molar-refractivity contribution in [3.05, 3.63) is 0 Å². The maximum Gasteiger partial charge on any atom is 0.305 e. The van der Waals surface area contributed by atoms with Crippen molar-refractivity contribution >= 4 is 5.97 Å². The number of methoxy groups -OCH3 is 3. The summed E-state index contributed by atoms with van der Waals surface area (Å²) in [6.45, 7) is 10.7. The van der Waals surface area contributed by atoms with Crippen molar-refractivity contribution in [1.82, 2.24) is 0 Å². The van der Waals surface area contributed by atoms with Crippen molar-refractivity contribution < 1.29 is 28.5 Å². The Morgan fingerprint density at radius 1 is 0.892 bits per heavy atom. The van der Waals surface area contributed by atoms with Gasteiger partial charge < -0.3 is 23.7 Å². The average molecular weight is 523 g/mol. The summed E-state index contributed by atoms with van der Waals surface area (Å²) in [5.41, 5.74) is 0.646. The van der Waals surface area contributed by atoms with Gasteiger partial charge in [0.05, 0.1) is 19.3 Å². The molecule has 6 nitrogen and oxygen atoms in total. The Morgan fingerprint density at radius 2 is 1.57 bits per heavy atom. The number of rotatable bonds is 11. The molecule has 4 fully saturated rings. The number of fused-ring (bicyclic) bond motifs is 5. The lowest BCUT2D eigenvalue weighted by molar-refractivity contribution is -0.239. The van der Waals surface area contributed by atoms with Gasteiger partial charge in [0.1, 0.15) is 13.6 Å². The number of hydrogen-bond acceptors (Lipinski definition) is 6. The molecular weight excluding hydrogens is 468 g/mol. The summed E-state index contributed by atoms with van der Waals surface area (Å²) in [5.74, 6) is 4.19. The highest BCUT2D eigenvalue weighted by Gasteiger charge is 2.65. The standard InChI is InChI=1S/C31H54O6/c1-8-22-26-17-21(36-18-33-5)13-15-31(26,4)25-14-16-30(3)23(20(2)9-12-27(32)35-7)10-11-24(30)28(25)29(22)37-19-34-6/h20-26,28-29H,8-19H2,1-7H3/t20-,21-,22-,23-,24?,25?,26?,28?,29-,30?,31?/m1/s1. The molecule has 37 heavy (non-hydrogen) atoms. The molecule has 0 saturated heterocycles. The monoisotopic (exact) mass is 522 g/mol. The second-order valence-corrected chi connectivity index (χ2v) is 13.3. The molecule has 6 heteroatoms. The maximum absolute atomic E-state index is 11.9. The molecule has 0 aromatic heterocycles. The van der Waals surface area contributed by atoms with Crippen molar-refractivity contribution in [2.45, 2.75) is 104 Å². The Hall–Kier alpha value is -0.690. The van der Waals surface area contributed by atoms with Crippen LogP contribution in [0.1, 0.15) is 91.9 Å². The van der Waals surface area contributed by atoms with Crippen LogP contribution in [0.2, 0.25) is 0 Å². The summed E-state index contributed by atoms with van der Waals surface area (Å²) in [7, 11) is 4.96. The molecular formula is C31H54O6. The van der Waals surface area contributed by atoms with Crippen LogP contribution in [0, 0.1) is 52.3 Å². The van der Waals surface area contributed by atoms with Gasteiger partial charge in [0, 0.05) is 20.6 Å². The molecule has 4 saturated carbocycles. The predicted octanol–water partition coefficient (Wildman–Crippen LogP) is 6.46. The second kappa shape index (κ2) is 12.2. The van der Waals surface area contributed by atoms with Crippen LogP contribution in [0.4, 0.5) is 0 Å². The Morgan fingerprint density at radius 3 is 2.24 bits per heavy atom. The van der Waals surface area contributed by atoms with E-state index in [1.54, 1.807) is 14.2 Å². The van der Waals surface area contributed by atoms with E-state index < -0.39 is 0 Å². The molecule has 0 aliphatic heterocycles. The summed E-state index contributed by atoms with van der Waals surface area (Å²) >= 11 is 0. The SMILES string of the molecule is CC[C@@H]1C2C[C@H](OCOC)CCC2(C)C2CCC3(C)C(CC[C@@H]3[C@H](C)CCC(=O)OC)C2[C@@H]1OCOC. The number of hydrogen-bond donors (Lipinski definition) is 0. The minimum atomic E-state index is -0.0783. The fourth-order valence-electron chi connectivity index (χ4n) is 10.2. The fourth-order valence-corrected chi connectivity index (χ4v) is 10.2. The molecule has 6 unspecified atom stereocenters. The summed E-state index contributed by atoms with van der Waals surface area (Å²) in [5, 5.41) is 0. The second-order valence-electron chi connectivity index (χ2n) is 13.3. The molecule has 0 N–H and O–H groups in total. The molecule has 0 aromatic rings. The summed E-state index contributed by atoms with van der Waals surface area (Å²) < 4.78 is 28.5. The lowest BCUT2D eigenvalue weighted by Gasteiger charge is -2.65. The number of esters is 1. The average Bonchev–Trinajstić information content (AvgIpc) is 3.26. The van der Waals surface area contributed by atoms with Crippen LogP contribution in [0.15, 0.2) is 0 Å². The van der Waals surface area contributed by atoms with E-state index >= 15 is 0 Å². The topological polar surface area (TPSA) is 63.2 Å². The molecule has 0 amide bonds. The Balaban J connectivity index is 1.61. The molecule has 11 atom stereocenters. The molecule has 0 bridgehead atoms. The summed E-state index contributed by atoms with van der Waals surface area (Å²) in [6.07, 6.45) is 11.8. The molecule has 0 spiro atoms. The smallest absolute Gasteiger partial charge is 0.305 e. The van der Waals surface area contributed by atoms with E-state index in [2.05, 4.69) is 27.7 Å². The summed E-state index contributed by atoms with van der Waals surface area (Å²) in [4.78, 5) is 11.9. The third kappa shape index (κ3) is 5.38. The van der Waals surface area contributed by atoms with Crippen molar-refractivity contribution in [3.8, 4) is 0 Å². The van der Waals surface area contributed by atoms with E-state index in [0.717, 1.165) is 25.7 Å². The van der Waals surface area contributed by atoms with Gasteiger partial charge in [-0.1, -0.05) is 34.1 Å². The highest BCUT2D eigenvalue weighted by molar-refractivity contribution is 5.69. The zero-order valence-electron chi connectivity index (χ0n) is 24.6. The lowest BCUT2D eigenvalue weighted by atomic mass is 9.41. The van der Waals surface area contributed by atoms with E-state index in [1.807, 2.05) is 0 Å². The number of carbonyl (C=O) groups excluding carboxylic acids is 1. The number of ether oxygens (including phenoxy) is 5. The Kier molecular flexibility index (Phi) is 9.68. The first kappa shape index (κ1) is 29.3. The van der Waals surface area contributed by atoms with Gasteiger partial charge in [-0.15, -0.1) is 0 Å². The maximum atomic E-state index is 11.9. The van der Waals surface area contributed by atoms with Gasteiger partial charge in [-0.2, -0.15) is 0 Å². The van der Waals surface area contributed by atoms with Crippen LogP contribution in [0.3, 0.4) is 0 Å². The van der Waals surface area contributed by atoms with E-state index in [4.69, 9.17) is 23.7 Å².